The Hall–Kier alpha value is -2.12. The molecule has 25 heavy (non-hydrogen) atoms. The quantitative estimate of drug-likeness (QED) is 0.819. The Morgan fingerprint density at radius 3 is 2.56 bits per heavy atom. The highest BCUT2D eigenvalue weighted by Crippen LogP contribution is 2.33. The van der Waals surface area contributed by atoms with E-state index in [9.17, 15) is 12.8 Å². The zero-order chi connectivity index (χ0) is 18.0. The smallest absolute Gasteiger partial charge is 0.242 e. The Morgan fingerprint density at radius 2 is 1.88 bits per heavy atom. The summed E-state index contributed by atoms with van der Waals surface area (Å²) in [5.74, 6) is 0.292. The van der Waals surface area contributed by atoms with Gasteiger partial charge in [-0.1, -0.05) is 12.1 Å². The number of likely N-dealkylation sites (N-methyl/N-ethyl adjacent to an activating group) is 2. The lowest BCUT2D eigenvalue weighted by atomic mass is 10.2. The third-order valence-electron chi connectivity index (χ3n) is 4.29. The van der Waals surface area contributed by atoms with Crippen LogP contribution >= 0.6 is 0 Å². The minimum Gasteiger partial charge on any atom is -0.485 e. The number of anilines is 1. The molecule has 2 aromatic carbocycles. The van der Waals surface area contributed by atoms with E-state index >= 15 is 0 Å². The van der Waals surface area contributed by atoms with Gasteiger partial charge in [-0.15, -0.1) is 0 Å². The van der Waals surface area contributed by atoms with E-state index in [1.165, 1.54) is 23.5 Å². The van der Waals surface area contributed by atoms with Crippen LogP contribution in [-0.2, 0) is 10.0 Å². The molecule has 134 valence electrons. The fourth-order valence-corrected chi connectivity index (χ4v) is 4.15. The summed E-state index contributed by atoms with van der Waals surface area (Å²) in [5, 5.41) is 0. The van der Waals surface area contributed by atoms with E-state index in [0.717, 1.165) is 30.1 Å². The molecular formula is C18H21FN2O3S. The lowest BCUT2D eigenvalue weighted by Crippen LogP contribution is -2.46. The van der Waals surface area contributed by atoms with Gasteiger partial charge in [0, 0.05) is 13.6 Å². The number of ether oxygens (including phenoxy) is 1. The van der Waals surface area contributed by atoms with Gasteiger partial charge >= 0.3 is 0 Å². The third kappa shape index (κ3) is 3.62. The van der Waals surface area contributed by atoms with E-state index in [-0.39, 0.29) is 17.5 Å². The van der Waals surface area contributed by atoms with Crippen LogP contribution < -0.4 is 9.64 Å². The van der Waals surface area contributed by atoms with Crippen LogP contribution in [0.1, 0.15) is 6.92 Å². The molecule has 0 bridgehead atoms. The summed E-state index contributed by atoms with van der Waals surface area (Å²) >= 11 is 0. The third-order valence-corrected chi connectivity index (χ3v) is 6.13. The van der Waals surface area contributed by atoms with E-state index in [1.807, 2.05) is 24.3 Å². The summed E-state index contributed by atoms with van der Waals surface area (Å²) in [4.78, 5) is 2.24. The predicted molar refractivity (Wildman–Crippen MR) is 95.0 cm³/mol. The molecule has 1 heterocycles. The summed E-state index contributed by atoms with van der Waals surface area (Å²) < 4.78 is 45.6. The average molecular weight is 364 g/mol. The van der Waals surface area contributed by atoms with Crippen molar-refractivity contribution in [3.05, 3.63) is 54.3 Å². The number of sulfonamides is 1. The first-order valence-corrected chi connectivity index (χ1v) is 9.58. The Balaban J connectivity index is 1.77. The highest BCUT2D eigenvalue weighted by molar-refractivity contribution is 7.89. The number of para-hydroxylation sites is 2. The predicted octanol–water partition coefficient (Wildman–Crippen LogP) is 2.73. The average Bonchev–Trinajstić information content (AvgIpc) is 2.61. The van der Waals surface area contributed by atoms with Gasteiger partial charge in [-0.2, -0.15) is 4.31 Å². The second kappa shape index (κ2) is 7.01. The number of rotatable bonds is 5. The number of nitrogens with zero attached hydrogens (tertiary/aromatic N) is 2. The van der Waals surface area contributed by atoms with Crippen molar-refractivity contribution < 1.29 is 17.5 Å². The highest BCUT2D eigenvalue weighted by Gasteiger charge is 2.29. The van der Waals surface area contributed by atoms with Crippen LogP contribution in [0, 0.1) is 5.82 Å². The molecule has 0 saturated heterocycles. The first-order chi connectivity index (χ1) is 11.9. The molecule has 1 aliphatic rings. The molecule has 0 N–H and O–H groups in total. The molecule has 1 atom stereocenters. The number of hydrogen-bond donors (Lipinski definition) is 0. The molecule has 2 aromatic rings. The van der Waals surface area contributed by atoms with Gasteiger partial charge in [0.25, 0.3) is 0 Å². The van der Waals surface area contributed by atoms with E-state index in [1.54, 1.807) is 0 Å². The highest BCUT2D eigenvalue weighted by atomic mass is 32.2. The molecule has 0 saturated carbocycles. The summed E-state index contributed by atoms with van der Waals surface area (Å²) in [5.41, 5.74) is 1.02. The lowest BCUT2D eigenvalue weighted by Gasteiger charge is -2.36. The van der Waals surface area contributed by atoms with Gasteiger partial charge in [0.2, 0.25) is 10.0 Å². The van der Waals surface area contributed by atoms with E-state index in [2.05, 4.69) is 11.8 Å². The molecule has 7 heteroatoms. The van der Waals surface area contributed by atoms with E-state index < -0.39 is 15.8 Å². The molecule has 0 radical (unpaired) electrons. The minimum atomic E-state index is -3.69. The molecule has 0 aliphatic carbocycles. The van der Waals surface area contributed by atoms with Crippen molar-refractivity contribution in [2.75, 3.05) is 31.6 Å². The van der Waals surface area contributed by atoms with Crippen LogP contribution in [0.2, 0.25) is 0 Å². The maximum atomic E-state index is 13.0. The molecule has 0 aromatic heterocycles. The van der Waals surface area contributed by atoms with Gasteiger partial charge in [-0.05, 0) is 43.3 Å². The topological polar surface area (TPSA) is 49.9 Å². The standard InChI is InChI=1S/C18H21FN2O3S/c1-3-21-13-15(24-18-7-5-4-6-17(18)21)12-20(2)25(22,23)16-10-8-14(19)9-11-16/h4-11,15H,3,12-13H2,1-2H3/t15-/m0/s1. The van der Waals surface area contributed by atoms with Gasteiger partial charge in [-0.25, -0.2) is 12.8 Å². The van der Waals surface area contributed by atoms with Crippen molar-refractivity contribution in [2.24, 2.45) is 0 Å². The second-order valence-corrected chi connectivity index (χ2v) is 8.03. The van der Waals surface area contributed by atoms with Crippen molar-refractivity contribution in [2.45, 2.75) is 17.9 Å². The van der Waals surface area contributed by atoms with Crippen LogP contribution in [0.25, 0.3) is 0 Å². The van der Waals surface area contributed by atoms with Crippen molar-refractivity contribution >= 4 is 15.7 Å². The molecule has 5 nitrogen and oxygen atoms in total. The number of fused-ring (bicyclic) bond motifs is 1. The molecule has 0 spiro atoms. The van der Waals surface area contributed by atoms with Crippen LogP contribution in [0.4, 0.5) is 10.1 Å². The van der Waals surface area contributed by atoms with Crippen molar-refractivity contribution in [1.29, 1.82) is 0 Å². The number of benzene rings is 2. The van der Waals surface area contributed by atoms with Gasteiger partial charge in [-0.3, -0.25) is 0 Å². The number of hydrogen-bond acceptors (Lipinski definition) is 4. The molecule has 0 fully saturated rings. The van der Waals surface area contributed by atoms with Crippen molar-refractivity contribution in [3.8, 4) is 5.75 Å². The normalized spacial score (nSPS) is 17.3. The van der Waals surface area contributed by atoms with Crippen LogP contribution in [0.3, 0.4) is 0 Å². The van der Waals surface area contributed by atoms with Gasteiger partial charge < -0.3 is 9.64 Å². The van der Waals surface area contributed by atoms with Crippen molar-refractivity contribution in [3.63, 3.8) is 0 Å². The Morgan fingerprint density at radius 1 is 1.20 bits per heavy atom. The molecule has 1 aliphatic heterocycles. The van der Waals surface area contributed by atoms with Gasteiger partial charge in [0.15, 0.2) is 0 Å². The van der Waals surface area contributed by atoms with E-state index in [4.69, 9.17) is 4.74 Å². The fourth-order valence-electron chi connectivity index (χ4n) is 2.94. The molecule has 3 rings (SSSR count). The maximum Gasteiger partial charge on any atom is 0.242 e. The maximum absolute atomic E-state index is 13.0. The fraction of sp³-hybridized carbons (Fsp3) is 0.333. The summed E-state index contributed by atoms with van der Waals surface area (Å²) in [6, 6.07) is 12.6. The lowest BCUT2D eigenvalue weighted by molar-refractivity contribution is 0.171. The van der Waals surface area contributed by atoms with Crippen LogP contribution in [0.5, 0.6) is 5.75 Å². The van der Waals surface area contributed by atoms with Crippen LogP contribution in [-0.4, -0.2) is 45.5 Å². The Bertz CT molecular complexity index is 840. The van der Waals surface area contributed by atoms with Gasteiger partial charge in [0.1, 0.15) is 17.7 Å². The first-order valence-electron chi connectivity index (χ1n) is 8.14. The van der Waals surface area contributed by atoms with E-state index in [0.29, 0.717) is 6.54 Å². The number of halogens is 1. The largest absolute Gasteiger partial charge is 0.485 e. The molecule has 0 amide bonds. The zero-order valence-corrected chi connectivity index (χ0v) is 15.0. The zero-order valence-electron chi connectivity index (χ0n) is 14.2. The second-order valence-electron chi connectivity index (χ2n) is 5.99. The SMILES string of the molecule is CCN1C[C@H](CN(C)S(=O)(=O)c2ccc(F)cc2)Oc2ccccc21. The summed E-state index contributed by atoms with van der Waals surface area (Å²) in [6.45, 7) is 3.69. The van der Waals surface area contributed by atoms with Crippen molar-refractivity contribution in [1.82, 2.24) is 4.31 Å². The van der Waals surface area contributed by atoms with Gasteiger partial charge in [0.05, 0.1) is 23.7 Å². The van der Waals surface area contributed by atoms with Crippen LogP contribution in [0.15, 0.2) is 53.4 Å². The molecule has 0 unspecified atom stereocenters. The summed E-state index contributed by atoms with van der Waals surface area (Å²) in [6.07, 6.45) is -0.282. The Labute approximate surface area is 147 Å². The monoisotopic (exact) mass is 364 g/mol. The first kappa shape index (κ1) is 17.7. The molecular weight excluding hydrogens is 343 g/mol. The Kier molecular flexibility index (Phi) is 4.96. The summed E-state index contributed by atoms with van der Waals surface area (Å²) in [7, 11) is -2.18. The minimum absolute atomic E-state index is 0.0694.